The number of hydrogen-bond donors (Lipinski definition) is 2. The Hall–Kier alpha value is -2.77. The van der Waals surface area contributed by atoms with Crippen LogP contribution in [0.15, 0.2) is 24.3 Å². The zero-order valence-electron chi connectivity index (χ0n) is 16.0. The van der Waals surface area contributed by atoms with E-state index < -0.39 is 35.7 Å². The third-order valence-corrected chi connectivity index (χ3v) is 4.79. The van der Waals surface area contributed by atoms with E-state index in [0.717, 1.165) is 0 Å². The minimum atomic E-state index is -0.966. The van der Waals surface area contributed by atoms with Gasteiger partial charge >= 0.3 is 5.97 Å². The van der Waals surface area contributed by atoms with Gasteiger partial charge in [0.15, 0.2) is 0 Å². The number of Topliss-reactive ketones (excluding diaryl/α,β-unsaturated/α-hetero) is 1. The van der Waals surface area contributed by atoms with E-state index >= 15 is 0 Å². The second-order valence-electron chi connectivity index (χ2n) is 6.99. The standard InChI is InChI=1S/C20H25FN2O5/c1-12(24)22-17(10-13-6-8-15(21)9-7-13)19(26)23-18(20(27)28-2)14-4-3-5-16(25)11-14/h6-9,14,17-18H,3-5,10-11H2,1-2H3,(H,22,24)(H,23,26)/t14-,17+,18-/m1/s1. The highest BCUT2D eigenvalue weighted by Crippen LogP contribution is 2.25. The van der Waals surface area contributed by atoms with Crippen LogP contribution in [0.3, 0.4) is 0 Å². The van der Waals surface area contributed by atoms with Gasteiger partial charge in [-0.3, -0.25) is 14.4 Å². The first-order valence-corrected chi connectivity index (χ1v) is 9.21. The van der Waals surface area contributed by atoms with Gasteiger partial charge in [0, 0.05) is 26.2 Å². The minimum Gasteiger partial charge on any atom is -0.467 e. The van der Waals surface area contributed by atoms with Gasteiger partial charge in [0.05, 0.1) is 7.11 Å². The van der Waals surface area contributed by atoms with Crippen molar-refractivity contribution in [2.45, 2.75) is 51.1 Å². The van der Waals surface area contributed by atoms with Crippen LogP contribution in [0.5, 0.6) is 0 Å². The number of methoxy groups -OCH3 is 1. The minimum absolute atomic E-state index is 0.0455. The van der Waals surface area contributed by atoms with Crippen LogP contribution in [0, 0.1) is 11.7 Å². The fourth-order valence-corrected chi connectivity index (χ4v) is 3.40. The summed E-state index contributed by atoms with van der Waals surface area (Å²) in [5.41, 5.74) is 0.651. The lowest BCUT2D eigenvalue weighted by atomic mass is 9.83. The van der Waals surface area contributed by atoms with Gasteiger partial charge in [0.1, 0.15) is 23.7 Å². The molecule has 1 aliphatic rings. The van der Waals surface area contributed by atoms with Crippen molar-refractivity contribution in [3.63, 3.8) is 0 Å². The summed E-state index contributed by atoms with van der Waals surface area (Å²) < 4.78 is 17.9. The number of carbonyl (C=O) groups is 4. The van der Waals surface area contributed by atoms with Gasteiger partial charge in [0.2, 0.25) is 11.8 Å². The van der Waals surface area contributed by atoms with Crippen molar-refractivity contribution in [2.24, 2.45) is 5.92 Å². The van der Waals surface area contributed by atoms with Gasteiger partial charge in [-0.1, -0.05) is 12.1 Å². The zero-order valence-corrected chi connectivity index (χ0v) is 16.0. The summed E-state index contributed by atoms with van der Waals surface area (Å²) in [5, 5.41) is 5.19. The highest BCUT2D eigenvalue weighted by molar-refractivity contribution is 5.91. The second kappa shape index (κ2) is 9.96. The molecule has 0 aromatic heterocycles. The van der Waals surface area contributed by atoms with Gasteiger partial charge in [-0.05, 0) is 36.5 Å². The molecule has 0 aliphatic heterocycles. The Kier molecular flexibility index (Phi) is 7.66. The molecule has 1 aliphatic carbocycles. The Bertz CT molecular complexity index is 735. The number of rotatable bonds is 7. The van der Waals surface area contributed by atoms with Gasteiger partial charge in [-0.25, -0.2) is 9.18 Å². The average molecular weight is 392 g/mol. The van der Waals surface area contributed by atoms with Crippen LogP contribution in [-0.4, -0.2) is 42.8 Å². The van der Waals surface area contributed by atoms with Crippen molar-refractivity contribution in [2.75, 3.05) is 7.11 Å². The maximum atomic E-state index is 13.1. The second-order valence-corrected chi connectivity index (χ2v) is 6.99. The summed E-state index contributed by atoms with van der Waals surface area (Å²) >= 11 is 0. The molecule has 0 unspecified atom stereocenters. The zero-order chi connectivity index (χ0) is 20.7. The summed E-state index contributed by atoms with van der Waals surface area (Å²) in [5.74, 6) is -2.31. The highest BCUT2D eigenvalue weighted by atomic mass is 19.1. The monoisotopic (exact) mass is 392 g/mol. The fraction of sp³-hybridized carbons (Fsp3) is 0.500. The molecule has 0 spiro atoms. The number of halogens is 1. The van der Waals surface area contributed by atoms with Crippen molar-refractivity contribution in [1.29, 1.82) is 0 Å². The van der Waals surface area contributed by atoms with E-state index in [1.807, 2.05) is 0 Å². The first-order valence-electron chi connectivity index (χ1n) is 9.21. The van der Waals surface area contributed by atoms with E-state index in [1.54, 1.807) is 0 Å². The molecule has 1 fully saturated rings. The molecular formula is C20H25FN2O5. The number of benzene rings is 1. The normalized spacial score (nSPS) is 18.7. The summed E-state index contributed by atoms with van der Waals surface area (Å²) in [6.45, 7) is 1.28. The van der Waals surface area contributed by atoms with E-state index in [0.29, 0.717) is 24.8 Å². The Morgan fingerprint density at radius 1 is 1.21 bits per heavy atom. The number of carbonyl (C=O) groups excluding carboxylic acids is 4. The molecule has 7 nitrogen and oxygen atoms in total. The lowest BCUT2D eigenvalue weighted by Gasteiger charge is -2.29. The lowest BCUT2D eigenvalue weighted by molar-refractivity contribution is -0.147. The molecule has 0 saturated heterocycles. The molecule has 1 aromatic rings. The quantitative estimate of drug-likeness (QED) is 0.681. The molecule has 3 atom stereocenters. The Morgan fingerprint density at radius 3 is 2.46 bits per heavy atom. The predicted molar refractivity (Wildman–Crippen MR) is 98.6 cm³/mol. The van der Waals surface area contributed by atoms with Crippen molar-refractivity contribution < 1.29 is 28.3 Å². The maximum absolute atomic E-state index is 13.1. The summed E-state index contributed by atoms with van der Waals surface area (Å²) in [4.78, 5) is 48.3. The number of ketones is 1. The number of esters is 1. The van der Waals surface area contributed by atoms with Crippen molar-refractivity contribution in [1.82, 2.24) is 10.6 Å². The summed E-state index contributed by atoms with van der Waals surface area (Å²) in [6, 6.07) is 3.66. The number of ether oxygens (including phenoxy) is 1. The van der Waals surface area contributed by atoms with Crippen LogP contribution < -0.4 is 10.6 Å². The Morgan fingerprint density at radius 2 is 1.89 bits per heavy atom. The fourth-order valence-electron chi connectivity index (χ4n) is 3.40. The smallest absolute Gasteiger partial charge is 0.328 e. The van der Waals surface area contributed by atoms with E-state index in [4.69, 9.17) is 4.74 Å². The first-order chi connectivity index (χ1) is 13.3. The SMILES string of the molecule is COC(=O)[C@H](NC(=O)[C@H](Cc1ccc(F)cc1)NC(C)=O)[C@@H]1CCCC(=O)C1. The summed E-state index contributed by atoms with van der Waals surface area (Å²) in [6.07, 6.45) is 2.07. The average Bonchev–Trinajstić information content (AvgIpc) is 2.66. The molecule has 0 bridgehead atoms. The third-order valence-electron chi connectivity index (χ3n) is 4.79. The van der Waals surface area contributed by atoms with Crippen LogP contribution in [0.25, 0.3) is 0 Å². The molecule has 28 heavy (non-hydrogen) atoms. The van der Waals surface area contributed by atoms with Crippen molar-refractivity contribution in [3.8, 4) is 0 Å². The van der Waals surface area contributed by atoms with E-state index in [1.165, 1.54) is 38.3 Å². The van der Waals surface area contributed by atoms with Crippen LogP contribution in [0.4, 0.5) is 4.39 Å². The molecule has 152 valence electrons. The molecular weight excluding hydrogens is 367 g/mol. The van der Waals surface area contributed by atoms with Gasteiger partial charge in [-0.2, -0.15) is 0 Å². The molecule has 1 saturated carbocycles. The molecule has 0 radical (unpaired) electrons. The first kappa shape index (κ1) is 21.5. The summed E-state index contributed by atoms with van der Waals surface area (Å²) in [7, 11) is 1.22. The van der Waals surface area contributed by atoms with E-state index in [9.17, 15) is 23.6 Å². The number of nitrogens with one attached hydrogen (secondary N) is 2. The van der Waals surface area contributed by atoms with Crippen molar-refractivity contribution in [3.05, 3.63) is 35.6 Å². The largest absolute Gasteiger partial charge is 0.467 e. The molecule has 2 rings (SSSR count). The van der Waals surface area contributed by atoms with E-state index in [2.05, 4.69) is 10.6 Å². The van der Waals surface area contributed by atoms with Crippen LogP contribution in [0.2, 0.25) is 0 Å². The third kappa shape index (κ3) is 6.14. The van der Waals surface area contributed by atoms with Gasteiger partial charge in [-0.15, -0.1) is 0 Å². The Balaban J connectivity index is 2.15. The Labute approximate surface area is 163 Å². The lowest BCUT2D eigenvalue weighted by Crippen LogP contribution is -2.55. The van der Waals surface area contributed by atoms with Crippen molar-refractivity contribution >= 4 is 23.6 Å². The number of hydrogen-bond acceptors (Lipinski definition) is 5. The maximum Gasteiger partial charge on any atom is 0.328 e. The number of amides is 2. The predicted octanol–water partition coefficient (Wildman–Crippen LogP) is 1.29. The molecule has 1 aromatic carbocycles. The highest BCUT2D eigenvalue weighted by Gasteiger charge is 2.35. The molecule has 0 heterocycles. The van der Waals surface area contributed by atoms with Gasteiger partial charge < -0.3 is 15.4 Å². The van der Waals surface area contributed by atoms with Crippen LogP contribution in [0.1, 0.15) is 38.2 Å². The van der Waals surface area contributed by atoms with Crippen LogP contribution in [-0.2, 0) is 30.3 Å². The van der Waals surface area contributed by atoms with E-state index in [-0.39, 0.29) is 24.5 Å². The van der Waals surface area contributed by atoms with Gasteiger partial charge in [0.25, 0.3) is 0 Å². The topological polar surface area (TPSA) is 102 Å². The molecule has 2 N–H and O–H groups in total. The van der Waals surface area contributed by atoms with Crippen LogP contribution >= 0.6 is 0 Å². The molecule has 2 amide bonds. The molecule has 8 heteroatoms.